The average molecular weight is 614 g/mol. The summed E-state index contributed by atoms with van der Waals surface area (Å²) in [5, 5.41) is 27.6. The summed E-state index contributed by atoms with van der Waals surface area (Å²) in [6, 6.07) is 10.4. The summed E-state index contributed by atoms with van der Waals surface area (Å²) in [4.78, 5) is 32.0. The zero-order valence-corrected chi connectivity index (χ0v) is 25.3. The molecule has 2 aliphatic carbocycles. The van der Waals surface area contributed by atoms with Crippen LogP contribution in [0.3, 0.4) is 0 Å². The number of hydrogen-bond donors (Lipinski definition) is 4. The number of aromatic nitrogens is 1. The Kier molecular flexibility index (Phi) is 8.87. The van der Waals surface area contributed by atoms with Crippen LogP contribution in [-0.4, -0.2) is 46.8 Å². The number of nitrogens with zero attached hydrogens (tertiary/aromatic N) is 1. The summed E-state index contributed by atoms with van der Waals surface area (Å²) >= 11 is 1.35. The Morgan fingerprint density at radius 1 is 1.09 bits per heavy atom. The fourth-order valence-corrected chi connectivity index (χ4v) is 8.05. The van der Waals surface area contributed by atoms with E-state index in [4.69, 9.17) is 9.72 Å². The topological polar surface area (TPSA) is 121 Å². The maximum absolute atomic E-state index is 13.7. The number of amides is 2. The van der Waals surface area contributed by atoms with Crippen molar-refractivity contribution < 1.29 is 33.3 Å². The van der Waals surface area contributed by atoms with Crippen molar-refractivity contribution in [2.45, 2.75) is 64.5 Å². The Balaban J connectivity index is 1.39. The molecule has 5 atom stereocenters. The zero-order valence-electron chi connectivity index (χ0n) is 24.5. The second-order valence-corrected chi connectivity index (χ2v) is 13.3. The van der Waals surface area contributed by atoms with E-state index in [0.29, 0.717) is 35.7 Å². The Morgan fingerprint density at radius 3 is 2.44 bits per heavy atom. The molecule has 0 aliphatic heterocycles. The van der Waals surface area contributed by atoms with Crippen molar-refractivity contribution in [1.82, 2.24) is 10.3 Å². The van der Waals surface area contributed by atoms with Gasteiger partial charge in [-0.2, -0.15) is 0 Å². The quantitative estimate of drug-likeness (QED) is 0.277. The highest BCUT2D eigenvalue weighted by Gasteiger charge is 2.59. The number of ether oxygens (including phenoxy) is 1. The highest BCUT2D eigenvalue weighted by atomic mass is 32.1. The molecule has 5 rings (SSSR count). The molecule has 230 valence electrons. The molecular formula is C32H37F2N3O5S. The van der Waals surface area contributed by atoms with Crippen molar-refractivity contribution in [2.75, 3.05) is 19.0 Å². The summed E-state index contributed by atoms with van der Waals surface area (Å²) in [7, 11) is 1.58. The van der Waals surface area contributed by atoms with E-state index >= 15 is 0 Å². The predicted octanol–water partition coefficient (Wildman–Crippen LogP) is 4.73. The summed E-state index contributed by atoms with van der Waals surface area (Å²) < 4.78 is 32.5. The van der Waals surface area contributed by atoms with E-state index in [2.05, 4.69) is 17.6 Å². The van der Waals surface area contributed by atoms with E-state index in [1.807, 2.05) is 19.1 Å². The number of fused-ring (bicyclic) bond motifs is 2. The Bertz CT molecular complexity index is 1480. The van der Waals surface area contributed by atoms with Gasteiger partial charge in [-0.05, 0) is 66.0 Å². The first-order valence-corrected chi connectivity index (χ1v) is 15.2. The van der Waals surface area contributed by atoms with Gasteiger partial charge in [0.25, 0.3) is 0 Å². The standard InChI is InChI=1S/C32H37F2N3O5S/c1-31-9-8-26(39)32(2,17-38)25(31)15-24-29(23(31)14-27(40)35-16-19-10-20(33)13-21(34)11-19)37-30(43-24)36-28(41)12-18-4-6-22(42-3)7-5-18/h4-7,10-11,13,23,25-26,38-39H,8-9,12,14-17H2,1-3H3,(H,35,40)(H,36,37,41)/t23-,25+,26-,31+,32+/m1/s1. The second-order valence-electron chi connectivity index (χ2n) is 12.2. The minimum Gasteiger partial charge on any atom is -0.497 e. The smallest absolute Gasteiger partial charge is 0.230 e. The van der Waals surface area contributed by atoms with Crippen molar-refractivity contribution in [3.63, 3.8) is 0 Å². The van der Waals surface area contributed by atoms with E-state index in [9.17, 15) is 28.6 Å². The number of aliphatic hydroxyl groups excluding tert-OH is 2. The monoisotopic (exact) mass is 613 g/mol. The fraction of sp³-hybridized carbons (Fsp3) is 0.469. The molecule has 1 heterocycles. The molecule has 1 fully saturated rings. The van der Waals surface area contributed by atoms with Crippen molar-refractivity contribution in [3.8, 4) is 5.75 Å². The van der Waals surface area contributed by atoms with E-state index in [1.165, 1.54) is 23.5 Å². The molecule has 0 unspecified atom stereocenters. The molecule has 0 bridgehead atoms. The highest BCUT2D eigenvalue weighted by molar-refractivity contribution is 7.15. The Labute approximate surface area is 253 Å². The van der Waals surface area contributed by atoms with Gasteiger partial charge in [0.15, 0.2) is 5.13 Å². The third kappa shape index (κ3) is 6.30. The largest absolute Gasteiger partial charge is 0.497 e. The molecule has 0 spiro atoms. The molecule has 8 nitrogen and oxygen atoms in total. The van der Waals surface area contributed by atoms with Crippen LogP contribution in [-0.2, 0) is 29.0 Å². The lowest BCUT2D eigenvalue weighted by atomic mass is 9.47. The van der Waals surface area contributed by atoms with Gasteiger partial charge in [-0.15, -0.1) is 11.3 Å². The van der Waals surface area contributed by atoms with Crippen LogP contribution < -0.4 is 15.4 Å². The van der Waals surface area contributed by atoms with Gasteiger partial charge >= 0.3 is 0 Å². The van der Waals surface area contributed by atoms with Crippen LogP contribution in [0, 0.1) is 28.4 Å². The number of carbonyl (C=O) groups is 2. The average Bonchev–Trinajstić information content (AvgIpc) is 3.37. The van der Waals surface area contributed by atoms with E-state index in [-0.39, 0.29) is 49.6 Å². The molecule has 3 aromatic rings. The number of benzene rings is 2. The minimum atomic E-state index is -0.791. The van der Waals surface area contributed by atoms with Crippen LogP contribution in [0.15, 0.2) is 42.5 Å². The first-order valence-electron chi connectivity index (χ1n) is 14.4. The normalized spacial score (nSPS) is 26.3. The number of thiazole rings is 1. The number of methoxy groups -OCH3 is 1. The van der Waals surface area contributed by atoms with E-state index in [0.717, 1.165) is 22.2 Å². The summed E-state index contributed by atoms with van der Waals surface area (Å²) in [6.45, 7) is 3.72. The van der Waals surface area contributed by atoms with Crippen molar-refractivity contribution in [2.24, 2.45) is 16.7 Å². The molecule has 2 aliphatic rings. The van der Waals surface area contributed by atoms with Crippen LogP contribution in [0.5, 0.6) is 5.75 Å². The summed E-state index contributed by atoms with van der Waals surface area (Å²) in [5.74, 6) is -1.80. The van der Waals surface area contributed by atoms with Crippen LogP contribution in [0.2, 0.25) is 0 Å². The molecule has 0 saturated heterocycles. The van der Waals surface area contributed by atoms with Crippen molar-refractivity contribution in [1.29, 1.82) is 0 Å². The molecule has 1 aromatic heterocycles. The molecule has 43 heavy (non-hydrogen) atoms. The van der Waals surface area contributed by atoms with Gasteiger partial charge in [-0.1, -0.05) is 26.0 Å². The molecule has 2 amide bonds. The van der Waals surface area contributed by atoms with Crippen LogP contribution >= 0.6 is 11.3 Å². The number of carbonyl (C=O) groups excluding carboxylic acids is 2. The Morgan fingerprint density at radius 2 is 1.79 bits per heavy atom. The van der Waals surface area contributed by atoms with Gasteiger partial charge in [0.1, 0.15) is 17.4 Å². The fourth-order valence-electron chi connectivity index (χ4n) is 6.96. The third-order valence-electron chi connectivity index (χ3n) is 9.47. The van der Waals surface area contributed by atoms with Crippen LogP contribution in [0.1, 0.15) is 60.7 Å². The number of nitrogens with one attached hydrogen (secondary N) is 2. The predicted molar refractivity (Wildman–Crippen MR) is 159 cm³/mol. The zero-order chi connectivity index (χ0) is 30.9. The molecular weight excluding hydrogens is 576 g/mol. The van der Waals surface area contributed by atoms with Gasteiger partial charge < -0.3 is 25.6 Å². The van der Waals surface area contributed by atoms with Crippen LogP contribution in [0.25, 0.3) is 0 Å². The van der Waals surface area contributed by atoms with Gasteiger partial charge in [0.2, 0.25) is 11.8 Å². The first-order chi connectivity index (χ1) is 20.4. The number of anilines is 1. The summed E-state index contributed by atoms with van der Waals surface area (Å²) in [5.41, 5.74) is 0.583. The maximum atomic E-state index is 13.7. The van der Waals surface area contributed by atoms with Crippen LogP contribution in [0.4, 0.5) is 13.9 Å². The Hall–Kier alpha value is -3.41. The lowest BCUT2D eigenvalue weighted by Gasteiger charge is -2.58. The number of halogens is 2. The number of aliphatic hydroxyl groups is 2. The van der Waals surface area contributed by atoms with E-state index in [1.54, 1.807) is 19.2 Å². The molecule has 4 N–H and O–H groups in total. The third-order valence-corrected chi connectivity index (χ3v) is 10.5. The second kappa shape index (κ2) is 12.3. The van der Waals surface area contributed by atoms with Gasteiger partial charge in [-0.25, -0.2) is 13.8 Å². The van der Waals surface area contributed by atoms with Crippen molar-refractivity contribution >= 4 is 28.3 Å². The number of rotatable bonds is 9. The van der Waals surface area contributed by atoms with Gasteiger partial charge in [0, 0.05) is 35.2 Å². The van der Waals surface area contributed by atoms with E-state index < -0.39 is 28.6 Å². The molecule has 0 radical (unpaired) electrons. The number of hydrogen-bond acceptors (Lipinski definition) is 7. The minimum absolute atomic E-state index is 0.0377. The highest BCUT2D eigenvalue weighted by Crippen LogP contribution is 2.62. The first kappa shape index (κ1) is 31.0. The van der Waals surface area contributed by atoms with Crippen molar-refractivity contribution in [3.05, 3.63) is 75.8 Å². The SMILES string of the molecule is COc1ccc(CC(=O)Nc2nc3c(s2)C[C@@H]2[C@](C)(CO)[C@H](O)CC[C@@]2(C)[C@@H]3CC(=O)NCc2cc(F)cc(F)c2)cc1. The van der Waals surface area contributed by atoms with Gasteiger partial charge in [-0.3, -0.25) is 9.59 Å². The lowest BCUT2D eigenvalue weighted by molar-refractivity contribution is -0.144. The van der Waals surface area contributed by atoms with Gasteiger partial charge in [0.05, 0.1) is 31.9 Å². The molecule has 11 heteroatoms. The summed E-state index contributed by atoms with van der Waals surface area (Å²) in [6.07, 6.45) is 1.14. The molecule has 1 saturated carbocycles. The lowest BCUT2D eigenvalue weighted by Crippen LogP contribution is -2.57. The molecule has 2 aromatic carbocycles. The maximum Gasteiger partial charge on any atom is 0.230 e.